The van der Waals surface area contributed by atoms with E-state index in [0.717, 1.165) is 0 Å². The van der Waals surface area contributed by atoms with Gasteiger partial charge in [0.2, 0.25) is 11.1 Å². The lowest BCUT2D eigenvalue weighted by atomic mass is 10.2. The summed E-state index contributed by atoms with van der Waals surface area (Å²) < 4.78 is 0. The second kappa shape index (κ2) is 6.04. The van der Waals surface area contributed by atoms with Crippen LogP contribution in [0.25, 0.3) is 0 Å². The minimum Gasteiger partial charge on any atom is -0.339 e. The van der Waals surface area contributed by atoms with E-state index in [9.17, 15) is 19.7 Å². The molecule has 0 atom stereocenters. The maximum atomic E-state index is 12.4. The van der Waals surface area contributed by atoms with E-state index in [2.05, 4.69) is 4.98 Å². The fourth-order valence-electron chi connectivity index (χ4n) is 2.17. The summed E-state index contributed by atoms with van der Waals surface area (Å²) in [6.45, 7) is 2.94. The van der Waals surface area contributed by atoms with Crippen LogP contribution in [0, 0.1) is 10.1 Å². The predicted molar refractivity (Wildman–Crippen MR) is 74.1 cm³/mol. The number of amides is 2. The first kappa shape index (κ1) is 15.2. The van der Waals surface area contributed by atoms with E-state index in [1.54, 1.807) is 4.90 Å². The van der Waals surface area contributed by atoms with Gasteiger partial charge >= 0.3 is 5.69 Å². The molecule has 9 heteroatoms. The third kappa shape index (κ3) is 3.10. The van der Waals surface area contributed by atoms with Crippen molar-refractivity contribution in [1.29, 1.82) is 0 Å². The molecule has 8 nitrogen and oxygen atoms in total. The molecule has 21 heavy (non-hydrogen) atoms. The van der Waals surface area contributed by atoms with Crippen molar-refractivity contribution in [2.45, 2.75) is 6.92 Å². The van der Waals surface area contributed by atoms with Crippen LogP contribution in [-0.2, 0) is 4.79 Å². The highest BCUT2D eigenvalue weighted by Crippen LogP contribution is 2.27. The Balaban J connectivity index is 2.20. The molecule has 0 saturated carbocycles. The highest BCUT2D eigenvalue weighted by atomic mass is 35.5. The zero-order valence-electron chi connectivity index (χ0n) is 11.3. The van der Waals surface area contributed by atoms with Gasteiger partial charge in [0.15, 0.2) is 0 Å². The molecule has 112 valence electrons. The normalized spacial score (nSPS) is 15.0. The number of carbonyl (C=O) groups is 2. The van der Waals surface area contributed by atoms with Crippen molar-refractivity contribution in [1.82, 2.24) is 14.8 Å². The highest BCUT2D eigenvalue weighted by molar-refractivity contribution is 6.32. The summed E-state index contributed by atoms with van der Waals surface area (Å²) >= 11 is 5.70. The molecule has 0 aromatic carbocycles. The third-order valence-corrected chi connectivity index (χ3v) is 3.58. The topological polar surface area (TPSA) is 96.7 Å². The molecular weight excluding hydrogens is 300 g/mol. The second-order valence-corrected chi connectivity index (χ2v) is 4.91. The molecule has 1 aromatic heterocycles. The van der Waals surface area contributed by atoms with Gasteiger partial charge in [0, 0.05) is 39.3 Å². The average Bonchev–Trinajstić information content (AvgIpc) is 2.46. The summed E-state index contributed by atoms with van der Waals surface area (Å²) in [5.74, 6) is -0.533. The SMILES string of the molecule is CC(=O)N1CCN(C(=O)c2ccnc(Cl)c2[N+](=O)[O-])CC1. The van der Waals surface area contributed by atoms with Crippen LogP contribution >= 0.6 is 11.6 Å². The summed E-state index contributed by atoms with van der Waals surface area (Å²) in [7, 11) is 0. The minimum atomic E-state index is -0.714. The standard InChI is InChI=1S/C12H13ClN4O4/c1-8(18)15-4-6-16(7-5-15)12(19)9-2-3-14-11(13)10(9)17(20)21/h2-3H,4-7H2,1H3. The van der Waals surface area contributed by atoms with Gasteiger partial charge in [-0.15, -0.1) is 0 Å². The first-order valence-corrected chi connectivity index (χ1v) is 6.63. The zero-order chi connectivity index (χ0) is 15.6. The molecule has 1 saturated heterocycles. The molecule has 0 radical (unpaired) electrons. The van der Waals surface area contributed by atoms with Crippen LogP contribution in [0.4, 0.5) is 5.69 Å². The van der Waals surface area contributed by atoms with Crippen molar-refractivity contribution in [2.24, 2.45) is 0 Å². The van der Waals surface area contributed by atoms with Crippen molar-refractivity contribution >= 4 is 29.1 Å². The van der Waals surface area contributed by atoms with Crippen molar-refractivity contribution in [3.63, 3.8) is 0 Å². The quantitative estimate of drug-likeness (QED) is 0.460. The molecule has 1 aliphatic heterocycles. The fourth-order valence-corrected chi connectivity index (χ4v) is 2.40. The van der Waals surface area contributed by atoms with Gasteiger partial charge in [-0.3, -0.25) is 19.7 Å². The molecule has 1 aliphatic rings. The van der Waals surface area contributed by atoms with E-state index >= 15 is 0 Å². The van der Waals surface area contributed by atoms with Gasteiger partial charge in [0.25, 0.3) is 5.91 Å². The number of nitro groups is 1. The summed E-state index contributed by atoms with van der Waals surface area (Å²) in [4.78, 5) is 40.7. The van der Waals surface area contributed by atoms with Gasteiger partial charge in [-0.1, -0.05) is 11.6 Å². The number of rotatable bonds is 2. The van der Waals surface area contributed by atoms with E-state index in [-0.39, 0.29) is 16.6 Å². The third-order valence-electron chi connectivity index (χ3n) is 3.30. The smallest absolute Gasteiger partial charge is 0.319 e. The number of carbonyl (C=O) groups excluding carboxylic acids is 2. The molecule has 0 aliphatic carbocycles. The van der Waals surface area contributed by atoms with Crippen LogP contribution in [0.5, 0.6) is 0 Å². The van der Waals surface area contributed by atoms with E-state index < -0.39 is 16.5 Å². The Kier molecular flexibility index (Phi) is 4.37. The van der Waals surface area contributed by atoms with Gasteiger partial charge in [0.1, 0.15) is 5.56 Å². The number of pyridine rings is 1. The fraction of sp³-hybridized carbons (Fsp3) is 0.417. The van der Waals surface area contributed by atoms with E-state index in [1.807, 2.05) is 0 Å². The lowest BCUT2D eigenvalue weighted by Crippen LogP contribution is -2.50. The largest absolute Gasteiger partial charge is 0.339 e. The van der Waals surface area contributed by atoms with Crippen LogP contribution in [0.1, 0.15) is 17.3 Å². The second-order valence-electron chi connectivity index (χ2n) is 4.55. The molecular formula is C12H13ClN4O4. The van der Waals surface area contributed by atoms with E-state index in [0.29, 0.717) is 26.2 Å². The Hall–Kier alpha value is -2.22. The Labute approximate surface area is 125 Å². The van der Waals surface area contributed by atoms with Crippen molar-refractivity contribution in [3.8, 4) is 0 Å². The van der Waals surface area contributed by atoms with Crippen LogP contribution in [-0.4, -0.2) is 57.7 Å². The van der Waals surface area contributed by atoms with Gasteiger partial charge in [0.05, 0.1) is 4.92 Å². The average molecular weight is 313 g/mol. The maximum absolute atomic E-state index is 12.4. The summed E-state index contributed by atoms with van der Waals surface area (Å²) in [5, 5.41) is 10.7. The first-order valence-electron chi connectivity index (χ1n) is 6.25. The van der Waals surface area contributed by atoms with Gasteiger partial charge in [-0.2, -0.15) is 0 Å². The van der Waals surface area contributed by atoms with Crippen LogP contribution in [0.3, 0.4) is 0 Å². The molecule has 0 N–H and O–H groups in total. The summed E-state index contributed by atoms with van der Waals surface area (Å²) in [6.07, 6.45) is 1.26. The lowest BCUT2D eigenvalue weighted by molar-refractivity contribution is -0.385. The highest BCUT2D eigenvalue weighted by Gasteiger charge is 2.30. The lowest BCUT2D eigenvalue weighted by Gasteiger charge is -2.34. The minimum absolute atomic E-state index is 0.0555. The van der Waals surface area contributed by atoms with Crippen molar-refractivity contribution in [3.05, 3.63) is 33.1 Å². The Morgan fingerprint density at radius 2 is 1.86 bits per heavy atom. The number of aromatic nitrogens is 1. The molecule has 0 unspecified atom stereocenters. The molecule has 1 aromatic rings. The number of nitrogens with zero attached hydrogens (tertiary/aromatic N) is 4. The van der Waals surface area contributed by atoms with Gasteiger partial charge in [-0.25, -0.2) is 4.98 Å². The summed E-state index contributed by atoms with van der Waals surface area (Å²) in [5.41, 5.74) is -0.575. The van der Waals surface area contributed by atoms with E-state index in [1.165, 1.54) is 24.1 Å². The molecule has 2 amide bonds. The van der Waals surface area contributed by atoms with E-state index in [4.69, 9.17) is 11.6 Å². The monoisotopic (exact) mass is 312 g/mol. The van der Waals surface area contributed by atoms with Crippen LogP contribution < -0.4 is 0 Å². The predicted octanol–water partition coefficient (Wildman–Crippen LogP) is 0.948. The zero-order valence-corrected chi connectivity index (χ0v) is 12.0. The van der Waals surface area contributed by atoms with Crippen molar-refractivity contribution < 1.29 is 14.5 Å². The first-order chi connectivity index (χ1) is 9.91. The number of hydrogen-bond acceptors (Lipinski definition) is 5. The number of halogens is 1. The molecule has 1 fully saturated rings. The van der Waals surface area contributed by atoms with Crippen LogP contribution in [0.15, 0.2) is 12.3 Å². The van der Waals surface area contributed by atoms with Gasteiger partial charge < -0.3 is 9.80 Å². The van der Waals surface area contributed by atoms with Gasteiger partial charge in [-0.05, 0) is 6.07 Å². The maximum Gasteiger partial charge on any atom is 0.319 e. The summed E-state index contributed by atoms with van der Waals surface area (Å²) in [6, 6.07) is 1.28. The Bertz CT molecular complexity index is 599. The van der Waals surface area contributed by atoms with Crippen molar-refractivity contribution in [2.75, 3.05) is 26.2 Å². The number of piperazine rings is 1. The molecule has 0 spiro atoms. The Morgan fingerprint density at radius 1 is 1.29 bits per heavy atom. The molecule has 2 rings (SSSR count). The van der Waals surface area contributed by atoms with Crippen LogP contribution in [0.2, 0.25) is 5.15 Å². The number of hydrogen-bond donors (Lipinski definition) is 0. The molecule has 2 heterocycles. The molecule has 0 bridgehead atoms. The Morgan fingerprint density at radius 3 is 2.38 bits per heavy atom.